The third-order valence-electron chi connectivity index (χ3n) is 5.24. The Kier molecular flexibility index (Phi) is 6.26. The quantitative estimate of drug-likeness (QED) is 0.369. The highest BCUT2D eigenvalue weighted by molar-refractivity contribution is 6.04. The molecule has 3 aromatic carbocycles. The second kappa shape index (κ2) is 9.43. The van der Waals surface area contributed by atoms with E-state index in [2.05, 4.69) is 53.5 Å². The fourth-order valence-electron chi connectivity index (χ4n) is 3.40. The van der Waals surface area contributed by atoms with Crippen LogP contribution in [0.5, 0.6) is 0 Å². The molecule has 0 saturated carbocycles. The van der Waals surface area contributed by atoms with Crippen LogP contribution in [0.1, 0.15) is 41.3 Å². The molecule has 0 aliphatic rings. The van der Waals surface area contributed by atoms with Crippen molar-refractivity contribution in [1.82, 2.24) is 9.97 Å². The van der Waals surface area contributed by atoms with E-state index in [-0.39, 0.29) is 5.91 Å². The molecule has 1 amide bonds. The van der Waals surface area contributed by atoms with Crippen molar-refractivity contribution in [2.45, 2.75) is 26.7 Å². The molecule has 0 atom stereocenters. The number of carbonyl (C=O) groups excluding carboxylic acids is 1. The first-order chi connectivity index (χ1) is 15.5. The third kappa shape index (κ3) is 5.19. The molecule has 1 aromatic heterocycles. The maximum absolute atomic E-state index is 12.6. The Bertz CT molecular complexity index is 1220. The molecule has 32 heavy (non-hydrogen) atoms. The summed E-state index contributed by atoms with van der Waals surface area (Å²) < 4.78 is 0. The van der Waals surface area contributed by atoms with Crippen LogP contribution in [0, 0.1) is 6.92 Å². The minimum Gasteiger partial charge on any atom is -0.340 e. The minimum atomic E-state index is -0.141. The van der Waals surface area contributed by atoms with Crippen LogP contribution in [0.15, 0.2) is 85.2 Å². The van der Waals surface area contributed by atoms with Crippen LogP contribution >= 0.6 is 0 Å². The number of benzene rings is 3. The Morgan fingerprint density at radius 1 is 0.844 bits per heavy atom. The topological polar surface area (TPSA) is 66.9 Å². The Balaban J connectivity index is 1.42. The van der Waals surface area contributed by atoms with E-state index in [1.807, 2.05) is 54.6 Å². The van der Waals surface area contributed by atoms with Crippen LogP contribution in [0.2, 0.25) is 0 Å². The first-order valence-electron chi connectivity index (χ1n) is 10.7. The molecule has 0 fully saturated rings. The summed E-state index contributed by atoms with van der Waals surface area (Å²) in [6.45, 7) is 6.35. The Hall–Kier alpha value is -3.99. The van der Waals surface area contributed by atoms with Gasteiger partial charge in [-0.2, -0.15) is 0 Å². The summed E-state index contributed by atoms with van der Waals surface area (Å²) in [6, 6.07) is 25.4. The molecule has 0 radical (unpaired) electrons. The Morgan fingerprint density at radius 2 is 1.56 bits per heavy atom. The minimum absolute atomic E-state index is 0.141. The van der Waals surface area contributed by atoms with Gasteiger partial charge in [0.15, 0.2) is 0 Å². The fraction of sp³-hybridized carbons (Fsp3) is 0.148. The van der Waals surface area contributed by atoms with Crippen LogP contribution in [0.3, 0.4) is 0 Å². The van der Waals surface area contributed by atoms with Crippen molar-refractivity contribution in [3.63, 3.8) is 0 Å². The molecule has 0 aliphatic carbocycles. The number of hydrogen-bond acceptors (Lipinski definition) is 4. The molecule has 0 spiro atoms. The van der Waals surface area contributed by atoms with Crippen molar-refractivity contribution in [2.24, 2.45) is 0 Å². The number of rotatable bonds is 6. The second-order valence-electron chi connectivity index (χ2n) is 8.09. The average Bonchev–Trinajstić information content (AvgIpc) is 2.80. The monoisotopic (exact) mass is 422 g/mol. The van der Waals surface area contributed by atoms with Crippen LogP contribution in [0.4, 0.5) is 17.2 Å². The van der Waals surface area contributed by atoms with Crippen LogP contribution < -0.4 is 10.6 Å². The van der Waals surface area contributed by atoms with E-state index in [9.17, 15) is 4.79 Å². The molecule has 0 unspecified atom stereocenters. The van der Waals surface area contributed by atoms with E-state index in [1.54, 1.807) is 18.5 Å². The van der Waals surface area contributed by atoms with Gasteiger partial charge in [0.2, 0.25) is 0 Å². The molecule has 5 nitrogen and oxygen atoms in total. The standard InChI is InChI=1S/C27H26N4O/c1-18(2)20-7-11-24(12-8-20)31-27(32)21-9-13-23(14-10-21)30-26-16-25(28-17-29-26)22-6-4-5-19(3)15-22/h4-18H,1-3H3,(H,31,32)(H,28,29,30). The molecule has 0 aliphatic heterocycles. The highest BCUT2D eigenvalue weighted by Crippen LogP contribution is 2.22. The van der Waals surface area contributed by atoms with Gasteiger partial charge in [0, 0.05) is 28.6 Å². The molecule has 0 saturated heterocycles. The third-order valence-corrected chi connectivity index (χ3v) is 5.24. The van der Waals surface area contributed by atoms with Crippen molar-refractivity contribution in [3.8, 4) is 11.3 Å². The van der Waals surface area contributed by atoms with Crippen LogP contribution in [-0.4, -0.2) is 15.9 Å². The lowest BCUT2D eigenvalue weighted by molar-refractivity contribution is 0.102. The zero-order valence-electron chi connectivity index (χ0n) is 18.5. The lowest BCUT2D eigenvalue weighted by Gasteiger charge is -2.10. The molecule has 160 valence electrons. The van der Waals surface area contributed by atoms with Gasteiger partial charge in [-0.25, -0.2) is 9.97 Å². The number of nitrogens with zero attached hydrogens (tertiary/aromatic N) is 2. The predicted molar refractivity (Wildman–Crippen MR) is 130 cm³/mol. The number of amides is 1. The average molecular weight is 423 g/mol. The molecule has 4 rings (SSSR count). The second-order valence-corrected chi connectivity index (χ2v) is 8.09. The first-order valence-corrected chi connectivity index (χ1v) is 10.7. The number of anilines is 3. The van der Waals surface area contributed by atoms with Gasteiger partial charge < -0.3 is 10.6 Å². The van der Waals surface area contributed by atoms with Crippen molar-refractivity contribution >= 4 is 23.1 Å². The lowest BCUT2D eigenvalue weighted by atomic mass is 10.0. The summed E-state index contributed by atoms with van der Waals surface area (Å²) >= 11 is 0. The molecular weight excluding hydrogens is 396 g/mol. The predicted octanol–water partition coefficient (Wildman–Crippen LogP) is 6.57. The first kappa shape index (κ1) is 21.2. The van der Waals surface area contributed by atoms with Crippen molar-refractivity contribution in [3.05, 3.63) is 102 Å². The Morgan fingerprint density at radius 3 is 2.25 bits per heavy atom. The van der Waals surface area contributed by atoms with E-state index in [1.165, 1.54) is 11.1 Å². The molecule has 4 aromatic rings. The molecular formula is C27H26N4O. The maximum atomic E-state index is 12.6. The van der Waals surface area contributed by atoms with E-state index in [0.717, 1.165) is 22.6 Å². The van der Waals surface area contributed by atoms with Crippen molar-refractivity contribution in [2.75, 3.05) is 10.6 Å². The molecule has 0 bridgehead atoms. The SMILES string of the molecule is Cc1cccc(-c2cc(Nc3ccc(C(=O)Nc4ccc(C(C)C)cc4)cc3)ncn2)c1. The van der Waals surface area contributed by atoms with E-state index in [4.69, 9.17) is 0 Å². The zero-order chi connectivity index (χ0) is 22.5. The number of carbonyl (C=O) groups is 1. The summed E-state index contributed by atoms with van der Waals surface area (Å²) in [4.78, 5) is 21.3. The molecule has 2 N–H and O–H groups in total. The van der Waals surface area contributed by atoms with Crippen molar-refractivity contribution < 1.29 is 4.79 Å². The highest BCUT2D eigenvalue weighted by atomic mass is 16.1. The largest absolute Gasteiger partial charge is 0.340 e. The summed E-state index contributed by atoms with van der Waals surface area (Å²) in [5.41, 5.74) is 6.54. The van der Waals surface area contributed by atoms with Gasteiger partial charge in [0.05, 0.1) is 5.69 Å². The molecule has 1 heterocycles. The van der Waals surface area contributed by atoms with Crippen molar-refractivity contribution in [1.29, 1.82) is 0 Å². The van der Waals surface area contributed by atoms with E-state index < -0.39 is 0 Å². The van der Waals surface area contributed by atoms with E-state index >= 15 is 0 Å². The summed E-state index contributed by atoms with van der Waals surface area (Å²) in [6.07, 6.45) is 1.55. The Labute approximate surface area is 188 Å². The lowest BCUT2D eigenvalue weighted by Crippen LogP contribution is -2.11. The van der Waals surface area contributed by atoms with Crippen LogP contribution in [-0.2, 0) is 0 Å². The van der Waals surface area contributed by atoms with Crippen LogP contribution in [0.25, 0.3) is 11.3 Å². The van der Waals surface area contributed by atoms with Gasteiger partial charge in [-0.15, -0.1) is 0 Å². The maximum Gasteiger partial charge on any atom is 0.255 e. The smallest absolute Gasteiger partial charge is 0.255 e. The normalized spacial score (nSPS) is 10.8. The summed E-state index contributed by atoms with van der Waals surface area (Å²) in [7, 11) is 0. The van der Waals surface area contributed by atoms with Gasteiger partial charge in [0.1, 0.15) is 12.1 Å². The fourth-order valence-corrected chi connectivity index (χ4v) is 3.40. The summed E-state index contributed by atoms with van der Waals surface area (Å²) in [5.74, 6) is 1.01. The number of aromatic nitrogens is 2. The number of nitrogens with one attached hydrogen (secondary N) is 2. The number of hydrogen-bond donors (Lipinski definition) is 2. The van der Waals surface area contributed by atoms with Gasteiger partial charge >= 0.3 is 0 Å². The zero-order valence-corrected chi connectivity index (χ0v) is 18.5. The van der Waals surface area contributed by atoms with Gasteiger partial charge in [-0.1, -0.05) is 49.7 Å². The van der Waals surface area contributed by atoms with Gasteiger partial charge in [-0.3, -0.25) is 4.79 Å². The van der Waals surface area contributed by atoms with Gasteiger partial charge in [0.25, 0.3) is 5.91 Å². The highest BCUT2D eigenvalue weighted by Gasteiger charge is 2.08. The van der Waals surface area contributed by atoms with E-state index in [0.29, 0.717) is 17.3 Å². The van der Waals surface area contributed by atoms with Gasteiger partial charge in [-0.05, 0) is 60.9 Å². The number of aryl methyl sites for hydroxylation is 1. The summed E-state index contributed by atoms with van der Waals surface area (Å²) in [5, 5.41) is 6.22. The molecule has 5 heteroatoms.